The Labute approximate surface area is 197 Å². The minimum Gasteiger partial charge on any atom is -0.496 e. The van der Waals surface area contributed by atoms with Crippen molar-refractivity contribution in [2.24, 2.45) is 0 Å². The number of anilines is 1. The highest BCUT2D eigenvalue weighted by Crippen LogP contribution is 2.40. The van der Waals surface area contributed by atoms with Crippen molar-refractivity contribution in [1.82, 2.24) is 24.9 Å². The molecule has 0 aliphatic heterocycles. The number of benzene rings is 1. The number of halogens is 1. The molecule has 4 aromatic rings. The van der Waals surface area contributed by atoms with Gasteiger partial charge in [0.2, 0.25) is 0 Å². The van der Waals surface area contributed by atoms with Crippen LogP contribution in [-0.4, -0.2) is 45.7 Å². The summed E-state index contributed by atoms with van der Waals surface area (Å²) in [6, 6.07) is 5.97. The Morgan fingerprint density at radius 2 is 1.94 bits per heavy atom. The molecule has 3 aromatic heterocycles. The van der Waals surface area contributed by atoms with Gasteiger partial charge in [0.1, 0.15) is 23.2 Å². The number of methoxy groups -OCH3 is 2. The van der Waals surface area contributed by atoms with Crippen LogP contribution in [0.5, 0.6) is 5.75 Å². The maximum absolute atomic E-state index is 6.63. The molecule has 0 aliphatic carbocycles. The summed E-state index contributed by atoms with van der Waals surface area (Å²) in [5, 5.41) is 4.03. The van der Waals surface area contributed by atoms with Crippen LogP contribution in [0.1, 0.15) is 30.7 Å². The van der Waals surface area contributed by atoms with Crippen LogP contribution < -0.4 is 10.1 Å². The number of aromatic amines is 1. The summed E-state index contributed by atoms with van der Waals surface area (Å²) in [6.45, 7) is 6.59. The van der Waals surface area contributed by atoms with E-state index in [2.05, 4.69) is 30.2 Å². The minimum atomic E-state index is -0.468. The number of fused-ring (bicyclic) bond motifs is 1. The largest absolute Gasteiger partial charge is 0.496 e. The zero-order chi connectivity index (χ0) is 23.6. The Hall–Kier alpha value is -3.23. The molecule has 33 heavy (non-hydrogen) atoms. The lowest BCUT2D eigenvalue weighted by Gasteiger charge is -2.23. The van der Waals surface area contributed by atoms with Crippen LogP contribution in [0.2, 0.25) is 5.02 Å². The Kier molecular flexibility index (Phi) is 6.49. The predicted molar refractivity (Wildman–Crippen MR) is 130 cm³/mol. The number of aromatic nitrogens is 5. The summed E-state index contributed by atoms with van der Waals surface area (Å²) in [4.78, 5) is 20.3. The normalized spacial score (nSPS) is 11.7. The van der Waals surface area contributed by atoms with E-state index in [1.165, 1.54) is 6.33 Å². The molecule has 0 fully saturated rings. The summed E-state index contributed by atoms with van der Waals surface area (Å²) in [6.07, 6.45) is 5.62. The van der Waals surface area contributed by atoms with Gasteiger partial charge in [0, 0.05) is 36.0 Å². The Bertz CT molecular complexity index is 1270. The second-order valence-electron chi connectivity index (χ2n) is 8.20. The molecule has 0 spiro atoms. The molecule has 3 heterocycles. The quantitative estimate of drug-likeness (QED) is 0.380. The third-order valence-electron chi connectivity index (χ3n) is 5.85. The first kappa shape index (κ1) is 22.9. The highest BCUT2D eigenvalue weighted by Gasteiger charge is 2.22. The molecule has 0 saturated heterocycles. The van der Waals surface area contributed by atoms with Crippen molar-refractivity contribution in [3.63, 3.8) is 0 Å². The minimum absolute atomic E-state index is 0.468. The molecular formula is C24H27ClN6O2. The molecular weight excluding hydrogens is 440 g/mol. The highest BCUT2D eigenvalue weighted by molar-refractivity contribution is 6.32. The second-order valence-corrected chi connectivity index (χ2v) is 8.60. The summed E-state index contributed by atoms with van der Waals surface area (Å²) in [5.41, 5.74) is 5.60. The Morgan fingerprint density at radius 1 is 1.12 bits per heavy atom. The van der Waals surface area contributed by atoms with Crippen LogP contribution in [0.3, 0.4) is 0 Å². The van der Waals surface area contributed by atoms with Gasteiger partial charge in [-0.2, -0.15) is 0 Å². The van der Waals surface area contributed by atoms with E-state index in [0.717, 1.165) is 39.2 Å². The molecule has 0 aliphatic rings. The lowest BCUT2D eigenvalue weighted by atomic mass is 9.95. The molecule has 0 bridgehead atoms. The third kappa shape index (κ3) is 4.49. The van der Waals surface area contributed by atoms with Crippen molar-refractivity contribution in [1.29, 1.82) is 0 Å². The van der Waals surface area contributed by atoms with Crippen LogP contribution in [0, 0.1) is 6.92 Å². The van der Waals surface area contributed by atoms with Crippen LogP contribution in [0.4, 0.5) is 5.82 Å². The van der Waals surface area contributed by atoms with E-state index in [4.69, 9.17) is 21.1 Å². The average molecular weight is 467 g/mol. The van der Waals surface area contributed by atoms with Gasteiger partial charge in [0.15, 0.2) is 11.5 Å². The number of rotatable bonds is 8. The fourth-order valence-corrected chi connectivity index (χ4v) is 3.99. The van der Waals surface area contributed by atoms with Gasteiger partial charge in [-0.3, -0.25) is 4.98 Å². The molecule has 9 heteroatoms. The summed E-state index contributed by atoms with van der Waals surface area (Å²) >= 11 is 6.63. The van der Waals surface area contributed by atoms with Crippen molar-refractivity contribution in [2.75, 3.05) is 26.1 Å². The SMILES string of the molecule is COc1c(CCNc2ncnc3nc[nH]c23)cc(Cl)c(C)c1-c1ccc(C(C)(C)OC)nc1. The van der Waals surface area contributed by atoms with Gasteiger partial charge >= 0.3 is 0 Å². The van der Waals surface area contributed by atoms with Crippen LogP contribution in [-0.2, 0) is 16.8 Å². The van der Waals surface area contributed by atoms with E-state index in [1.54, 1.807) is 20.5 Å². The lowest BCUT2D eigenvalue weighted by Crippen LogP contribution is -2.20. The molecule has 0 saturated carbocycles. The molecule has 0 radical (unpaired) electrons. The first-order chi connectivity index (χ1) is 15.9. The topological polar surface area (TPSA) is 97.8 Å². The lowest BCUT2D eigenvalue weighted by molar-refractivity contribution is 0.0155. The summed E-state index contributed by atoms with van der Waals surface area (Å²) in [5.74, 6) is 1.49. The number of nitrogens with zero attached hydrogens (tertiary/aromatic N) is 4. The number of pyridine rings is 1. The summed E-state index contributed by atoms with van der Waals surface area (Å²) < 4.78 is 11.4. The van der Waals surface area contributed by atoms with Gasteiger partial charge in [0.25, 0.3) is 0 Å². The molecule has 0 amide bonds. The van der Waals surface area contributed by atoms with E-state index < -0.39 is 5.60 Å². The molecule has 172 valence electrons. The monoisotopic (exact) mass is 466 g/mol. The molecule has 2 N–H and O–H groups in total. The van der Waals surface area contributed by atoms with Crippen molar-refractivity contribution in [3.8, 4) is 16.9 Å². The fraction of sp³-hybridized carbons (Fsp3) is 0.333. The maximum Gasteiger partial charge on any atom is 0.182 e. The summed E-state index contributed by atoms with van der Waals surface area (Å²) in [7, 11) is 3.36. The van der Waals surface area contributed by atoms with Crippen molar-refractivity contribution >= 4 is 28.6 Å². The van der Waals surface area contributed by atoms with Gasteiger partial charge in [-0.15, -0.1) is 0 Å². The maximum atomic E-state index is 6.63. The second kappa shape index (κ2) is 9.33. The number of imidazole rings is 1. The number of ether oxygens (including phenoxy) is 2. The van der Waals surface area contributed by atoms with Gasteiger partial charge in [-0.25, -0.2) is 15.0 Å². The zero-order valence-corrected chi connectivity index (χ0v) is 20.1. The van der Waals surface area contributed by atoms with Crippen LogP contribution >= 0.6 is 11.6 Å². The third-order valence-corrected chi connectivity index (χ3v) is 6.24. The Balaban J connectivity index is 1.63. The van der Waals surface area contributed by atoms with E-state index in [1.807, 2.05) is 45.2 Å². The number of hydrogen-bond donors (Lipinski definition) is 2. The molecule has 0 atom stereocenters. The van der Waals surface area contributed by atoms with Crippen molar-refractivity contribution in [3.05, 3.63) is 58.9 Å². The first-order valence-corrected chi connectivity index (χ1v) is 11.0. The van der Waals surface area contributed by atoms with E-state index in [-0.39, 0.29) is 0 Å². The first-order valence-electron chi connectivity index (χ1n) is 10.6. The van der Waals surface area contributed by atoms with E-state index in [9.17, 15) is 0 Å². The van der Waals surface area contributed by atoms with Crippen molar-refractivity contribution < 1.29 is 9.47 Å². The van der Waals surface area contributed by atoms with Crippen LogP contribution in [0.25, 0.3) is 22.3 Å². The number of H-pyrrole nitrogens is 1. The number of nitrogens with one attached hydrogen (secondary N) is 2. The predicted octanol–water partition coefficient (Wildman–Crippen LogP) is 4.92. The highest BCUT2D eigenvalue weighted by atomic mass is 35.5. The van der Waals surface area contributed by atoms with Gasteiger partial charge in [-0.1, -0.05) is 17.7 Å². The van der Waals surface area contributed by atoms with Gasteiger partial charge in [0.05, 0.1) is 19.1 Å². The van der Waals surface area contributed by atoms with Gasteiger partial charge in [-0.05, 0) is 50.5 Å². The Morgan fingerprint density at radius 3 is 2.64 bits per heavy atom. The molecule has 4 rings (SSSR count). The van der Waals surface area contributed by atoms with E-state index in [0.29, 0.717) is 29.5 Å². The average Bonchev–Trinajstić information content (AvgIpc) is 3.31. The van der Waals surface area contributed by atoms with E-state index >= 15 is 0 Å². The molecule has 1 aromatic carbocycles. The number of hydrogen-bond acceptors (Lipinski definition) is 7. The smallest absolute Gasteiger partial charge is 0.182 e. The van der Waals surface area contributed by atoms with Crippen molar-refractivity contribution in [2.45, 2.75) is 32.8 Å². The fourth-order valence-electron chi connectivity index (χ4n) is 3.76. The van der Waals surface area contributed by atoms with Gasteiger partial charge < -0.3 is 19.8 Å². The standard InChI is InChI=1S/C24H27ClN6O2/c1-14-17(25)10-15(8-9-26-22-20-23(29-12-28-20)31-13-30-22)21(32-4)19(14)16-6-7-18(27-11-16)24(2,3)33-5/h6-7,10-13H,8-9H2,1-5H3,(H2,26,28,29,30,31). The molecule has 0 unspecified atom stereocenters. The molecule has 8 nitrogen and oxygen atoms in total. The van der Waals surface area contributed by atoms with Crippen LogP contribution in [0.15, 0.2) is 37.1 Å². The zero-order valence-electron chi connectivity index (χ0n) is 19.4.